The van der Waals surface area contributed by atoms with Gasteiger partial charge in [-0.05, 0) is 6.92 Å². The van der Waals surface area contributed by atoms with E-state index >= 15 is 0 Å². The van der Waals surface area contributed by atoms with Crippen molar-refractivity contribution in [2.75, 3.05) is 44.8 Å². The number of nitrogen functional groups attached to an aromatic ring is 1. The molecule has 1 aliphatic heterocycles. The molecule has 18 heavy (non-hydrogen) atoms. The second kappa shape index (κ2) is 5.57. The van der Waals surface area contributed by atoms with Crippen LogP contribution in [0.25, 0.3) is 0 Å². The normalized spacial score (nSPS) is 17.1. The van der Waals surface area contributed by atoms with E-state index in [0.29, 0.717) is 16.7 Å². The van der Waals surface area contributed by atoms with E-state index in [1.165, 1.54) is 21.3 Å². The average Bonchev–Trinajstić information content (AvgIpc) is 2.68. The summed E-state index contributed by atoms with van der Waals surface area (Å²) in [5.74, 6) is 6.89. The minimum Gasteiger partial charge on any atom is -0.336 e. The van der Waals surface area contributed by atoms with Crippen LogP contribution in [0.1, 0.15) is 5.82 Å². The maximum Gasteiger partial charge on any atom is 0.233 e. The van der Waals surface area contributed by atoms with Gasteiger partial charge in [-0.1, -0.05) is 11.8 Å². The first-order valence-corrected chi connectivity index (χ1v) is 6.95. The summed E-state index contributed by atoms with van der Waals surface area (Å²) < 4.78 is 1.41. The molecular weight excluding hydrogens is 252 g/mol. The number of hydrogen-bond acceptors (Lipinski definition) is 5. The maximum absolute atomic E-state index is 12.0. The highest BCUT2D eigenvalue weighted by Gasteiger charge is 2.21. The lowest BCUT2D eigenvalue weighted by atomic mass is 10.3. The zero-order valence-electron chi connectivity index (χ0n) is 10.7. The molecule has 0 bridgehead atoms. The maximum atomic E-state index is 12.0. The first-order chi connectivity index (χ1) is 8.58. The molecule has 3 N–H and O–H groups in total. The van der Waals surface area contributed by atoms with E-state index in [1.54, 1.807) is 6.92 Å². The smallest absolute Gasteiger partial charge is 0.233 e. The van der Waals surface area contributed by atoms with Gasteiger partial charge < -0.3 is 15.6 Å². The average molecular weight is 271 g/mol. The number of likely N-dealkylation sites (N-methyl/N-ethyl adjacent to an activating group) is 1. The number of rotatable bonds is 3. The van der Waals surface area contributed by atoms with Gasteiger partial charge in [0.15, 0.2) is 0 Å². The fourth-order valence-electron chi connectivity index (χ4n) is 1.80. The summed E-state index contributed by atoms with van der Waals surface area (Å²) in [6, 6.07) is 0. The number of aryl methyl sites for hydroxylation is 1. The zero-order chi connectivity index (χ0) is 13.1. The van der Waals surface area contributed by atoms with Gasteiger partial charge in [0.1, 0.15) is 5.82 Å². The van der Waals surface area contributed by atoms with E-state index in [9.17, 15) is 4.79 Å². The molecule has 1 aromatic rings. The summed E-state index contributed by atoms with van der Waals surface area (Å²) in [5.41, 5.74) is 0. The summed E-state index contributed by atoms with van der Waals surface area (Å²) in [5, 5.41) is 8.36. The number of piperazine rings is 1. The summed E-state index contributed by atoms with van der Waals surface area (Å²) in [4.78, 5) is 15.4. The first-order valence-electron chi connectivity index (χ1n) is 5.97. The molecule has 2 heterocycles. The van der Waals surface area contributed by atoms with Crippen molar-refractivity contribution in [1.82, 2.24) is 19.8 Å². The van der Waals surface area contributed by atoms with Crippen LogP contribution in [0.15, 0.2) is 5.16 Å². The van der Waals surface area contributed by atoms with Gasteiger partial charge >= 0.3 is 0 Å². The largest absolute Gasteiger partial charge is 0.336 e. The Morgan fingerprint density at radius 2 is 2.11 bits per heavy atom. The molecule has 1 amide bonds. The minimum atomic E-state index is 0.146. The fraction of sp³-hybridized carbons (Fsp3) is 0.700. The van der Waals surface area contributed by atoms with Crippen molar-refractivity contribution in [3.8, 4) is 0 Å². The Hall–Kier alpha value is -1.28. The number of nitrogens with zero attached hydrogens (tertiary/aromatic N) is 4. The topological polar surface area (TPSA) is 81.5 Å². The predicted molar refractivity (Wildman–Crippen MR) is 68.8 cm³/mol. The minimum absolute atomic E-state index is 0.146. The molecule has 0 spiro atoms. The lowest BCUT2D eigenvalue weighted by Gasteiger charge is -2.29. The number of aromatic nitrogens is 3. The zero-order valence-corrected chi connectivity index (χ0v) is 11.5. The van der Waals surface area contributed by atoms with E-state index in [2.05, 4.69) is 17.2 Å². The van der Waals surface area contributed by atoms with Crippen LogP contribution >= 0.6 is 11.8 Å². The van der Waals surface area contributed by atoms with Crippen molar-refractivity contribution in [1.29, 1.82) is 0 Å². The summed E-state index contributed by atoms with van der Waals surface area (Å²) in [6.45, 7) is 5.48. The van der Waals surface area contributed by atoms with Crippen molar-refractivity contribution in [2.24, 2.45) is 0 Å². The molecule has 100 valence electrons. The number of amides is 1. The van der Waals surface area contributed by atoms with Crippen molar-refractivity contribution < 1.29 is 9.69 Å². The van der Waals surface area contributed by atoms with Crippen molar-refractivity contribution in [2.45, 2.75) is 12.1 Å². The Kier molecular flexibility index (Phi) is 4.07. The summed E-state index contributed by atoms with van der Waals surface area (Å²) in [6.07, 6.45) is 0. The quantitative estimate of drug-likeness (QED) is 0.479. The SMILES string of the molecule is Cc1nnc(SCC(=O)N2CC[NH+](C)CC2)n1N. The highest BCUT2D eigenvalue weighted by atomic mass is 32.2. The number of carbonyl (C=O) groups is 1. The molecule has 1 saturated heterocycles. The van der Waals surface area contributed by atoms with E-state index in [1.807, 2.05) is 4.90 Å². The van der Waals surface area contributed by atoms with Crippen molar-refractivity contribution >= 4 is 17.7 Å². The third-order valence-corrected chi connectivity index (χ3v) is 4.06. The molecule has 0 unspecified atom stereocenters. The van der Waals surface area contributed by atoms with Crippen LogP contribution in [0.2, 0.25) is 0 Å². The molecular formula is C10H19N6OS+. The number of hydrogen-bond donors (Lipinski definition) is 2. The Bertz CT molecular complexity index is 426. The van der Waals surface area contributed by atoms with Crippen molar-refractivity contribution in [3.63, 3.8) is 0 Å². The van der Waals surface area contributed by atoms with Crippen LogP contribution in [0.5, 0.6) is 0 Å². The van der Waals surface area contributed by atoms with E-state index in [4.69, 9.17) is 5.84 Å². The standard InChI is InChI=1S/C10H18N6OS/c1-8-12-13-10(16(8)11)18-7-9(17)15-5-3-14(2)4-6-15/h3-7,11H2,1-2H3/p+1. The second-order valence-corrected chi connectivity index (χ2v) is 5.47. The molecule has 2 rings (SSSR count). The number of carbonyl (C=O) groups excluding carboxylic acids is 1. The van der Waals surface area contributed by atoms with Gasteiger partial charge in [0, 0.05) is 0 Å². The Balaban J connectivity index is 1.83. The van der Waals surface area contributed by atoms with Crippen molar-refractivity contribution in [3.05, 3.63) is 5.82 Å². The van der Waals surface area contributed by atoms with Crippen LogP contribution in [-0.2, 0) is 4.79 Å². The Morgan fingerprint density at radius 3 is 2.67 bits per heavy atom. The van der Waals surface area contributed by atoms with Gasteiger partial charge in [-0.25, -0.2) is 4.68 Å². The molecule has 0 saturated carbocycles. The molecule has 1 fully saturated rings. The number of nitrogens with one attached hydrogen (secondary N) is 1. The van der Waals surface area contributed by atoms with E-state index < -0.39 is 0 Å². The fourth-order valence-corrected chi connectivity index (χ4v) is 2.61. The lowest BCUT2D eigenvalue weighted by molar-refractivity contribution is -0.883. The third kappa shape index (κ3) is 2.94. The highest BCUT2D eigenvalue weighted by molar-refractivity contribution is 7.99. The van der Waals surface area contributed by atoms with Crippen LogP contribution < -0.4 is 10.7 Å². The molecule has 0 atom stereocenters. The van der Waals surface area contributed by atoms with Crippen LogP contribution in [0.3, 0.4) is 0 Å². The van der Waals surface area contributed by atoms with Gasteiger partial charge in [0.2, 0.25) is 11.1 Å². The number of thioether (sulfide) groups is 1. The van der Waals surface area contributed by atoms with Gasteiger partial charge in [-0.2, -0.15) is 0 Å². The molecule has 8 heteroatoms. The monoisotopic (exact) mass is 271 g/mol. The van der Waals surface area contributed by atoms with Crippen LogP contribution in [0, 0.1) is 6.92 Å². The molecule has 1 aromatic heterocycles. The molecule has 0 aliphatic carbocycles. The lowest BCUT2D eigenvalue weighted by Crippen LogP contribution is -3.12. The van der Waals surface area contributed by atoms with Gasteiger partial charge in [-0.15, -0.1) is 10.2 Å². The second-order valence-electron chi connectivity index (χ2n) is 4.53. The third-order valence-electron chi connectivity index (χ3n) is 3.13. The molecule has 1 aliphatic rings. The predicted octanol–water partition coefficient (Wildman–Crippen LogP) is -2.25. The highest BCUT2D eigenvalue weighted by Crippen LogP contribution is 2.14. The van der Waals surface area contributed by atoms with Gasteiger partial charge in [0.25, 0.3) is 0 Å². The van der Waals surface area contributed by atoms with E-state index in [-0.39, 0.29) is 5.91 Å². The first kappa shape index (κ1) is 13.2. The molecule has 0 radical (unpaired) electrons. The summed E-state index contributed by atoms with van der Waals surface area (Å²) >= 11 is 1.34. The number of nitrogens with two attached hydrogens (primary N) is 1. The Morgan fingerprint density at radius 1 is 1.44 bits per heavy atom. The van der Waals surface area contributed by atoms with Gasteiger partial charge in [0.05, 0.1) is 39.0 Å². The van der Waals surface area contributed by atoms with Crippen LogP contribution in [-0.4, -0.2) is 64.7 Å². The number of quaternary nitrogens is 1. The molecule has 7 nitrogen and oxygen atoms in total. The Labute approximate surface area is 110 Å². The molecule has 0 aromatic carbocycles. The van der Waals surface area contributed by atoms with E-state index in [0.717, 1.165) is 26.2 Å². The van der Waals surface area contributed by atoms with Gasteiger partial charge in [-0.3, -0.25) is 4.79 Å². The summed E-state index contributed by atoms with van der Waals surface area (Å²) in [7, 11) is 2.15. The van der Waals surface area contributed by atoms with Crippen LogP contribution in [0.4, 0.5) is 0 Å².